The van der Waals surface area contributed by atoms with Gasteiger partial charge in [-0.3, -0.25) is 0 Å². The van der Waals surface area contributed by atoms with Gasteiger partial charge in [0, 0.05) is 6.04 Å². The molecule has 1 aromatic heterocycles. The van der Waals surface area contributed by atoms with Crippen molar-refractivity contribution in [2.75, 3.05) is 0 Å². The Morgan fingerprint density at radius 1 is 1.20 bits per heavy atom. The van der Waals surface area contributed by atoms with Crippen LogP contribution < -0.4 is 10.5 Å². The lowest BCUT2D eigenvalue weighted by Gasteiger charge is -2.20. The van der Waals surface area contributed by atoms with Gasteiger partial charge in [-0.05, 0) is 25.0 Å². The quantitative estimate of drug-likeness (QED) is 0.877. The normalized spacial score (nSPS) is 14.2. The van der Waals surface area contributed by atoms with Gasteiger partial charge in [-0.2, -0.15) is 4.98 Å². The summed E-state index contributed by atoms with van der Waals surface area (Å²) >= 11 is 0. The number of benzene rings is 1. The first-order chi connectivity index (χ1) is 9.58. The first-order valence-corrected chi connectivity index (χ1v) is 6.84. The van der Waals surface area contributed by atoms with Crippen molar-refractivity contribution in [2.45, 2.75) is 39.3 Å². The van der Waals surface area contributed by atoms with Gasteiger partial charge in [0.1, 0.15) is 5.75 Å². The average molecular weight is 275 g/mol. The predicted octanol–water partition coefficient (Wildman–Crippen LogP) is 2.74. The Bertz CT molecular complexity index is 515. The van der Waals surface area contributed by atoms with Gasteiger partial charge in [0.25, 0.3) is 0 Å². The molecule has 0 aliphatic rings. The molecule has 1 aromatic carbocycles. The van der Waals surface area contributed by atoms with E-state index in [1.165, 1.54) is 0 Å². The Hall–Kier alpha value is -1.88. The molecule has 2 N–H and O–H groups in total. The van der Waals surface area contributed by atoms with Crippen molar-refractivity contribution < 1.29 is 9.26 Å². The fourth-order valence-corrected chi connectivity index (χ4v) is 2.24. The molecule has 0 spiro atoms. The highest BCUT2D eigenvalue weighted by molar-refractivity contribution is 5.21. The molecule has 0 aliphatic heterocycles. The second kappa shape index (κ2) is 6.52. The number of rotatable bonds is 6. The van der Waals surface area contributed by atoms with Crippen LogP contribution >= 0.6 is 0 Å². The topological polar surface area (TPSA) is 74.2 Å². The number of ether oxygens (including phenoxy) is 1. The lowest BCUT2D eigenvalue weighted by molar-refractivity contribution is 0.276. The monoisotopic (exact) mass is 275 g/mol. The van der Waals surface area contributed by atoms with Gasteiger partial charge in [0.15, 0.2) is 6.61 Å². The average Bonchev–Trinajstić information content (AvgIpc) is 2.85. The third kappa shape index (κ3) is 3.57. The molecule has 108 valence electrons. The molecule has 0 fully saturated rings. The highest BCUT2D eigenvalue weighted by Crippen LogP contribution is 2.25. The summed E-state index contributed by atoms with van der Waals surface area (Å²) < 4.78 is 10.9. The van der Waals surface area contributed by atoms with Crippen molar-refractivity contribution in [3.05, 3.63) is 42.0 Å². The largest absolute Gasteiger partial charge is 0.485 e. The highest BCUT2D eigenvalue weighted by Gasteiger charge is 2.26. The Labute approximate surface area is 119 Å². The number of nitrogens with zero attached hydrogens (tertiary/aromatic N) is 2. The molecule has 0 bridgehead atoms. The van der Waals surface area contributed by atoms with E-state index in [2.05, 4.69) is 24.0 Å². The predicted molar refractivity (Wildman–Crippen MR) is 76.3 cm³/mol. The lowest BCUT2D eigenvalue weighted by Crippen LogP contribution is -2.28. The van der Waals surface area contributed by atoms with E-state index in [9.17, 15) is 0 Å². The van der Waals surface area contributed by atoms with Crippen LogP contribution in [0.25, 0.3) is 0 Å². The zero-order chi connectivity index (χ0) is 14.5. The number of hydrogen-bond donors (Lipinski definition) is 1. The SMILES string of the molecule is CC(C)C(c1nc(COc2ccccc2)no1)C(C)N. The van der Waals surface area contributed by atoms with Gasteiger partial charge in [0.05, 0.1) is 5.92 Å². The van der Waals surface area contributed by atoms with Gasteiger partial charge in [-0.15, -0.1) is 0 Å². The fourth-order valence-electron chi connectivity index (χ4n) is 2.24. The molecule has 0 aliphatic carbocycles. The molecule has 2 rings (SSSR count). The molecule has 2 atom stereocenters. The van der Waals surface area contributed by atoms with Crippen LogP contribution in [0.1, 0.15) is 38.4 Å². The summed E-state index contributed by atoms with van der Waals surface area (Å²) in [6, 6.07) is 9.52. The van der Waals surface area contributed by atoms with E-state index < -0.39 is 0 Å². The van der Waals surface area contributed by atoms with Crippen LogP contribution in [0.2, 0.25) is 0 Å². The fraction of sp³-hybridized carbons (Fsp3) is 0.467. The molecule has 0 saturated carbocycles. The molecule has 2 aromatic rings. The van der Waals surface area contributed by atoms with Crippen molar-refractivity contribution in [1.29, 1.82) is 0 Å². The maximum Gasteiger partial charge on any atom is 0.231 e. The smallest absolute Gasteiger partial charge is 0.231 e. The molecule has 5 nitrogen and oxygen atoms in total. The van der Waals surface area contributed by atoms with Crippen LogP contribution in [0.5, 0.6) is 5.75 Å². The third-order valence-corrected chi connectivity index (χ3v) is 3.16. The minimum absolute atomic E-state index is 0.0293. The molecule has 0 saturated heterocycles. The van der Waals surface area contributed by atoms with E-state index in [4.69, 9.17) is 15.0 Å². The van der Waals surface area contributed by atoms with E-state index in [1.807, 2.05) is 37.3 Å². The molecule has 1 heterocycles. The van der Waals surface area contributed by atoms with Crippen LogP contribution in [0.4, 0.5) is 0 Å². The number of nitrogens with two attached hydrogens (primary N) is 1. The first-order valence-electron chi connectivity index (χ1n) is 6.84. The highest BCUT2D eigenvalue weighted by atomic mass is 16.5. The minimum Gasteiger partial charge on any atom is -0.485 e. The summed E-state index contributed by atoms with van der Waals surface area (Å²) in [5.41, 5.74) is 5.98. The number of hydrogen-bond acceptors (Lipinski definition) is 5. The van der Waals surface area contributed by atoms with Crippen molar-refractivity contribution in [3.8, 4) is 5.75 Å². The zero-order valence-electron chi connectivity index (χ0n) is 12.1. The Kier molecular flexibility index (Phi) is 4.74. The van der Waals surface area contributed by atoms with E-state index in [1.54, 1.807) is 0 Å². The Balaban J connectivity index is 2.01. The standard InChI is InChI=1S/C15H21N3O2/c1-10(2)14(11(3)16)15-17-13(18-20-15)9-19-12-7-5-4-6-8-12/h4-8,10-11,14H,9,16H2,1-3H3. The molecular weight excluding hydrogens is 254 g/mol. The van der Waals surface area contributed by atoms with Crippen molar-refractivity contribution in [1.82, 2.24) is 10.1 Å². The van der Waals surface area contributed by atoms with Gasteiger partial charge >= 0.3 is 0 Å². The first kappa shape index (κ1) is 14.5. The lowest BCUT2D eigenvalue weighted by atomic mass is 9.90. The third-order valence-electron chi connectivity index (χ3n) is 3.16. The van der Waals surface area contributed by atoms with E-state index in [-0.39, 0.29) is 18.6 Å². The summed E-state index contributed by atoms with van der Waals surface area (Å²) in [7, 11) is 0. The zero-order valence-corrected chi connectivity index (χ0v) is 12.1. The van der Waals surface area contributed by atoms with Crippen LogP contribution in [-0.2, 0) is 6.61 Å². The van der Waals surface area contributed by atoms with Gasteiger partial charge in [0.2, 0.25) is 11.7 Å². The van der Waals surface area contributed by atoms with Crippen molar-refractivity contribution in [3.63, 3.8) is 0 Å². The van der Waals surface area contributed by atoms with Crippen LogP contribution in [0.3, 0.4) is 0 Å². The molecule has 2 unspecified atom stereocenters. The van der Waals surface area contributed by atoms with E-state index in [0.29, 0.717) is 17.6 Å². The van der Waals surface area contributed by atoms with Gasteiger partial charge in [-0.1, -0.05) is 37.2 Å². The van der Waals surface area contributed by atoms with Crippen LogP contribution in [0, 0.1) is 5.92 Å². The second-order valence-electron chi connectivity index (χ2n) is 5.28. The molecule has 5 heteroatoms. The summed E-state index contributed by atoms with van der Waals surface area (Å²) in [4.78, 5) is 4.39. The number of aromatic nitrogens is 2. The van der Waals surface area contributed by atoms with Gasteiger partial charge < -0.3 is 15.0 Å². The maximum absolute atomic E-state index is 5.98. The van der Waals surface area contributed by atoms with Crippen LogP contribution in [0.15, 0.2) is 34.9 Å². The summed E-state index contributed by atoms with van der Waals surface area (Å²) in [6.45, 7) is 6.43. The van der Waals surface area contributed by atoms with E-state index >= 15 is 0 Å². The molecule has 20 heavy (non-hydrogen) atoms. The van der Waals surface area contributed by atoms with Gasteiger partial charge in [-0.25, -0.2) is 0 Å². The van der Waals surface area contributed by atoms with Crippen molar-refractivity contribution >= 4 is 0 Å². The van der Waals surface area contributed by atoms with Crippen molar-refractivity contribution in [2.24, 2.45) is 11.7 Å². The second-order valence-corrected chi connectivity index (χ2v) is 5.28. The Morgan fingerprint density at radius 3 is 2.50 bits per heavy atom. The molecule has 0 radical (unpaired) electrons. The minimum atomic E-state index is -0.0293. The maximum atomic E-state index is 5.98. The number of para-hydroxylation sites is 1. The summed E-state index contributed by atoms with van der Waals surface area (Å²) in [6.07, 6.45) is 0. The Morgan fingerprint density at radius 2 is 1.90 bits per heavy atom. The summed E-state index contributed by atoms with van der Waals surface area (Å²) in [5, 5.41) is 3.95. The molecular formula is C15H21N3O2. The van der Waals surface area contributed by atoms with Crippen LogP contribution in [-0.4, -0.2) is 16.2 Å². The molecule has 0 amide bonds. The summed E-state index contributed by atoms with van der Waals surface area (Å²) in [5.74, 6) is 2.31. The van der Waals surface area contributed by atoms with E-state index in [0.717, 1.165) is 5.75 Å².